The van der Waals surface area contributed by atoms with Crippen molar-refractivity contribution < 1.29 is 14.6 Å². The standard InChI is InChI=1S/C21H19N3O3/c25-20-17-9-5-4-8-16(17)19(23-22-15-6-2-1-3-7-15)14-18(20)21(26)24-10-12-27-13-11-24/h1-9,14,25H,10-13H2. The molecule has 0 bridgehead atoms. The first-order valence-corrected chi connectivity index (χ1v) is 8.82. The fourth-order valence-corrected chi connectivity index (χ4v) is 3.13. The molecule has 1 aliphatic heterocycles. The third kappa shape index (κ3) is 3.52. The molecule has 0 radical (unpaired) electrons. The molecule has 6 nitrogen and oxygen atoms in total. The number of azo groups is 1. The molecule has 0 unspecified atom stereocenters. The van der Waals surface area contributed by atoms with E-state index in [1.54, 1.807) is 17.0 Å². The molecule has 6 heteroatoms. The van der Waals surface area contributed by atoms with Crippen LogP contribution in [0.1, 0.15) is 10.4 Å². The molecule has 1 amide bonds. The smallest absolute Gasteiger partial charge is 0.257 e. The average molecular weight is 361 g/mol. The molecule has 0 aliphatic carbocycles. The lowest BCUT2D eigenvalue weighted by Crippen LogP contribution is -2.40. The van der Waals surface area contributed by atoms with Crippen LogP contribution in [0, 0.1) is 0 Å². The van der Waals surface area contributed by atoms with Crippen LogP contribution in [0.15, 0.2) is 70.9 Å². The van der Waals surface area contributed by atoms with Crippen LogP contribution in [0.2, 0.25) is 0 Å². The van der Waals surface area contributed by atoms with Crippen LogP contribution in [0.4, 0.5) is 11.4 Å². The molecular formula is C21H19N3O3. The van der Waals surface area contributed by atoms with Gasteiger partial charge in [0.15, 0.2) is 0 Å². The van der Waals surface area contributed by atoms with E-state index in [1.165, 1.54) is 0 Å². The van der Waals surface area contributed by atoms with E-state index in [-0.39, 0.29) is 17.2 Å². The van der Waals surface area contributed by atoms with E-state index in [1.807, 2.05) is 48.5 Å². The van der Waals surface area contributed by atoms with Gasteiger partial charge in [0.2, 0.25) is 0 Å². The summed E-state index contributed by atoms with van der Waals surface area (Å²) < 4.78 is 5.31. The van der Waals surface area contributed by atoms with E-state index in [0.29, 0.717) is 37.4 Å². The van der Waals surface area contributed by atoms with Gasteiger partial charge in [0.05, 0.1) is 30.2 Å². The lowest BCUT2D eigenvalue weighted by atomic mass is 10.0. The number of benzene rings is 3. The number of aromatic hydroxyl groups is 1. The third-order valence-corrected chi connectivity index (χ3v) is 4.55. The number of phenols is 1. The van der Waals surface area contributed by atoms with E-state index in [2.05, 4.69) is 10.2 Å². The zero-order chi connectivity index (χ0) is 18.6. The molecule has 3 aromatic rings. The Labute approximate surface area is 156 Å². The maximum Gasteiger partial charge on any atom is 0.257 e. The summed E-state index contributed by atoms with van der Waals surface area (Å²) in [6.45, 7) is 2.01. The molecule has 0 aromatic heterocycles. The van der Waals surface area contributed by atoms with Crippen molar-refractivity contribution in [2.75, 3.05) is 26.3 Å². The van der Waals surface area contributed by atoms with E-state index < -0.39 is 0 Å². The number of carbonyl (C=O) groups is 1. The molecule has 136 valence electrons. The van der Waals surface area contributed by atoms with E-state index >= 15 is 0 Å². The maximum atomic E-state index is 12.9. The van der Waals surface area contributed by atoms with E-state index in [0.717, 1.165) is 11.1 Å². The Hall–Kier alpha value is -3.25. The van der Waals surface area contributed by atoms with Crippen LogP contribution in [-0.2, 0) is 4.74 Å². The number of fused-ring (bicyclic) bond motifs is 1. The lowest BCUT2D eigenvalue weighted by Gasteiger charge is -2.27. The summed E-state index contributed by atoms with van der Waals surface area (Å²) in [4.78, 5) is 14.6. The highest BCUT2D eigenvalue weighted by Gasteiger charge is 2.23. The third-order valence-electron chi connectivity index (χ3n) is 4.55. The Morgan fingerprint density at radius 3 is 2.33 bits per heavy atom. The fourth-order valence-electron chi connectivity index (χ4n) is 3.13. The summed E-state index contributed by atoms with van der Waals surface area (Å²) in [5.41, 5.74) is 1.50. The maximum absolute atomic E-state index is 12.9. The number of ether oxygens (including phenoxy) is 1. The summed E-state index contributed by atoms with van der Waals surface area (Å²) in [5.74, 6) is -0.251. The molecule has 0 saturated carbocycles. The highest BCUT2D eigenvalue weighted by molar-refractivity contribution is 6.07. The van der Waals surface area contributed by atoms with Crippen LogP contribution in [-0.4, -0.2) is 42.2 Å². The largest absolute Gasteiger partial charge is 0.506 e. The minimum atomic E-state index is -0.224. The van der Waals surface area contributed by atoms with Gasteiger partial charge in [-0.2, -0.15) is 5.11 Å². The molecular weight excluding hydrogens is 342 g/mol. The van der Waals surface area contributed by atoms with Crippen molar-refractivity contribution in [3.8, 4) is 5.75 Å². The molecule has 1 N–H and O–H groups in total. The number of phenolic OH excluding ortho intramolecular Hbond substituents is 1. The first-order valence-electron chi connectivity index (χ1n) is 8.82. The zero-order valence-corrected chi connectivity index (χ0v) is 14.7. The number of carbonyl (C=O) groups excluding carboxylic acids is 1. The highest BCUT2D eigenvalue weighted by atomic mass is 16.5. The van der Waals surface area contributed by atoms with Crippen molar-refractivity contribution in [1.29, 1.82) is 0 Å². The Morgan fingerprint density at radius 2 is 1.59 bits per heavy atom. The molecule has 3 aromatic carbocycles. The van der Waals surface area contributed by atoms with Gasteiger partial charge in [0, 0.05) is 23.9 Å². The SMILES string of the molecule is O=C(c1cc(N=Nc2ccccc2)c2ccccc2c1O)N1CCOCC1. The van der Waals surface area contributed by atoms with Crippen molar-refractivity contribution in [2.45, 2.75) is 0 Å². The summed E-state index contributed by atoms with van der Waals surface area (Å²) in [7, 11) is 0. The first kappa shape index (κ1) is 17.2. The molecule has 27 heavy (non-hydrogen) atoms. The average Bonchev–Trinajstić information content (AvgIpc) is 2.74. The number of morpholine rings is 1. The van der Waals surface area contributed by atoms with Crippen LogP contribution >= 0.6 is 0 Å². The molecule has 1 saturated heterocycles. The number of rotatable bonds is 3. The predicted octanol–water partition coefficient (Wildman–Crippen LogP) is 4.43. The van der Waals surface area contributed by atoms with Gasteiger partial charge in [0.25, 0.3) is 5.91 Å². The van der Waals surface area contributed by atoms with Crippen molar-refractivity contribution >= 4 is 28.1 Å². The minimum absolute atomic E-state index is 0.0271. The van der Waals surface area contributed by atoms with Gasteiger partial charge in [-0.1, -0.05) is 42.5 Å². The van der Waals surface area contributed by atoms with Crippen molar-refractivity contribution in [1.82, 2.24) is 4.90 Å². The normalized spacial score (nSPS) is 14.7. The van der Waals surface area contributed by atoms with E-state index in [9.17, 15) is 9.90 Å². The zero-order valence-electron chi connectivity index (χ0n) is 14.7. The lowest BCUT2D eigenvalue weighted by molar-refractivity contribution is 0.0301. The monoisotopic (exact) mass is 361 g/mol. The van der Waals surface area contributed by atoms with Crippen LogP contribution in [0.5, 0.6) is 5.75 Å². The summed E-state index contributed by atoms with van der Waals surface area (Å²) in [5, 5.41) is 20.7. The first-order chi connectivity index (χ1) is 13.2. The summed E-state index contributed by atoms with van der Waals surface area (Å²) in [6, 6.07) is 18.3. The Morgan fingerprint density at radius 1 is 0.926 bits per heavy atom. The fraction of sp³-hybridized carbons (Fsp3) is 0.190. The quantitative estimate of drug-likeness (QED) is 0.701. The second-order valence-corrected chi connectivity index (χ2v) is 6.28. The number of amides is 1. The molecule has 1 aliphatic rings. The van der Waals surface area contributed by atoms with Crippen LogP contribution in [0.25, 0.3) is 10.8 Å². The van der Waals surface area contributed by atoms with Gasteiger partial charge < -0.3 is 14.7 Å². The van der Waals surface area contributed by atoms with Crippen molar-refractivity contribution in [2.24, 2.45) is 10.2 Å². The molecule has 1 fully saturated rings. The molecule has 0 spiro atoms. The van der Waals surface area contributed by atoms with Crippen LogP contribution in [0.3, 0.4) is 0 Å². The van der Waals surface area contributed by atoms with Gasteiger partial charge >= 0.3 is 0 Å². The summed E-state index contributed by atoms with van der Waals surface area (Å²) >= 11 is 0. The van der Waals surface area contributed by atoms with Gasteiger partial charge in [-0.15, -0.1) is 5.11 Å². The number of hydrogen-bond acceptors (Lipinski definition) is 5. The van der Waals surface area contributed by atoms with Gasteiger partial charge in [-0.05, 0) is 18.2 Å². The number of nitrogens with zero attached hydrogens (tertiary/aromatic N) is 3. The topological polar surface area (TPSA) is 74.5 Å². The number of hydrogen-bond donors (Lipinski definition) is 1. The minimum Gasteiger partial charge on any atom is -0.506 e. The molecule has 0 atom stereocenters. The van der Waals surface area contributed by atoms with Gasteiger partial charge in [0.1, 0.15) is 5.75 Å². The predicted molar refractivity (Wildman–Crippen MR) is 103 cm³/mol. The van der Waals surface area contributed by atoms with Crippen LogP contribution < -0.4 is 0 Å². The second-order valence-electron chi connectivity index (χ2n) is 6.28. The Kier molecular flexibility index (Phi) is 4.80. The van der Waals surface area contributed by atoms with Gasteiger partial charge in [-0.25, -0.2) is 0 Å². The molecule has 1 heterocycles. The molecule has 4 rings (SSSR count). The highest BCUT2D eigenvalue weighted by Crippen LogP contribution is 2.37. The van der Waals surface area contributed by atoms with Gasteiger partial charge in [-0.3, -0.25) is 4.79 Å². The Balaban J connectivity index is 1.79. The van der Waals surface area contributed by atoms with Crippen molar-refractivity contribution in [3.05, 3.63) is 66.2 Å². The van der Waals surface area contributed by atoms with E-state index in [4.69, 9.17) is 4.74 Å². The van der Waals surface area contributed by atoms with Crippen molar-refractivity contribution in [3.63, 3.8) is 0 Å². The Bertz CT molecular complexity index is 996. The second kappa shape index (κ2) is 7.55. The summed E-state index contributed by atoms with van der Waals surface area (Å²) in [6.07, 6.45) is 0.